The fourth-order valence-corrected chi connectivity index (χ4v) is 5.80. The lowest BCUT2D eigenvalue weighted by molar-refractivity contribution is 0.0942. The minimum Gasteiger partial charge on any atom is -0.361 e. The Bertz CT molecular complexity index is 1540. The van der Waals surface area contributed by atoms with Crippen molar-refractivity contribution in [2.24, 2.45) is 5.11 Å². The number of azide groups is 1. The molecule has 1 aromatic carbocycles. The number of anilines is 1. The average molecular weight is 609 g/mol. The van der Waals surface area contributed by atoms with Crippen molar-refractivity contribution in [1.29, 1.82) is 0 Å². The second-order valence-electron chi connectivity index (χ2n) is 12.9. The van der Waals surface area contributed by atoms with Crippen LogP contribution in [0.15, 0.2) is 47.8 Å². The maximum Gasteiger partial charge on any atom is 0.165 e. The van der Waals surface area contributed by atoms with Gasteiger partial charge in [0, 0.05) is 75.3 Å². The quantitative estimate of drug-likeness (QED) is 0.0348. The van der Waals surface area contributed by atoms with Gasteiger partial charge in [-0.15, -0.1) is 0 Å². The molecule has 3 heterocycles. The Morgan fingerprint density at radius 3 is 2.31 bits per heavy atom. The summed E-state index contributed by atoms with van der Waals surface area (Å²) in [5.74, 6) is 0.448. The first kappa shape index (κ1) is 31.6. The van der Waals surface area contributed by atoms with E-state index in [0.29, 0.717) is 49.6 Å². The van der Waals surface area contributed by atoms with E-state index < -0.39 is 16.1 Å². The summed E-state index contributed by atoms with van der Waals surface area (Å²) < 4.78 is 28.1. The molecule has 10 nitrogen and oxygen atoms in total. The number of rotatable bonds is 15. The van der Waals surface area contributed by atoms with Crippen LogP contribution in [0.3, 0.4) is 0 Å². The van der Waals surface area contributed by atoms with Gasteiger partial charge in [-0.1, -0.05) is 44.4 Å². The van der Waals surface area contributed by atoms with Crippen LogP contribution in [-0.2, 0) is 15.9 Å². The molecule has 0 bridgehead atoms. The van der Waals surface area contributed by atoms with Gasteiger partial charge in [0.15, 0.2) is 5.65 Å². The summed E-state index contributed by atoms with van der Waals surface area (Å²) in [5.41, 5.74) is 12.5. The summed E-state index contributed by atoms with van der Waals surface area (Å²) in [6.45, 7) is 16.3. The largest absolute Gasteiger partial charge is 0.361 e. The number of halogens is 1. The second-order valence-corrected chi connectivity index (χ2v) is 24.1. The van der Waals surface area contributed by atoms with Gasteiger partial charge in [0.05, 0.1) is 11.7 Å². The van der Waals surface area contributed by atoms with Crippen LogP contribution < -0.4 is 4.90 Å². The fourth-order valence-electron chi connectivity index (χ4n) is 4.29. The molecule has 0 aliphatic heterocycles. The molecule has 42 heavy (non-hydrogen) atoms. The van der Waals surface area contributed by atoms with Gasteiger partial charge in [0.2, 0.25) is 0 Å². The first-order chi connectivity index (χ1) is 19.9. The molecular weight excluding hydrogens is 568 g/mol. The highest BCUT2D eigenvalue weighted by Crippen LogP contribution is 2.29. The molecule has 224 valence electrons. The summed E-state index contributed by atoms with van der Waals surface area (Å²) >= 11 is 0. The van der Waals surface area contributed by atoms with Gasteiger partial charge in [-0.3, -0.25) is 4.98 Å². The molecule has 0 atom stereocenters. The van der Waals surface area contributed by atoms with Gasteiger partial charge in [0.1, 0.15) is 25.1 Å². The maximum atomic E-state index is 14.0. The lowest BCUT2D eigenvalue weighted by Gasteiger charge is -2.26. The molecule has 0 radical (unpaired) electrons. The SMILES string of the molecule is C[Si](C)(C)CCOCN(COCC[Si](C)(C)C)c1cc(CCN=[N+]=[N-])nc2c(-c3cnc4ccc(F)cc4c3)cnn12. The Labute approximate surface area is 248 Å². The number of fused-ring (bicyclic) bond motifs is 2. The Kier molecular flexibility index (Phi) is 10.3. The third-order valence-corrected chi connectivity index (χ3v) is 10.2. The average Bonchev–Trinajstić information content (AvgIpc) is 3.34. The third kappa shape index (κ3) is 8.82. The van der Waals surface area contributed by atoms with Crippen LogP contribution in [0, 0.1) is 5.82 Å². The van der Waals surface area contributed by atoms with E-state index >= 15 is 0 Å². The Hall–Kier alpha value is -3.36. The minimum absolute atomic E-state index is 0.277. The molecular formula is C29H41FN8O2Si2. The summed E-state index contributed by atoms with van der Waals surface area (Å²) in [6, 6.07) is 10.5. The normalized spacial score (nSPS) is 12.2. The number of aromatic nitrogens is 4. The molecule has 0 saturated heterocycles. The lowest BCUT2D eigenvalue weighted by Crippen LogP contribution is -2.33. The van der Waals surface area contributed by atoms with Gasteiger partial charge in [-0.2, -0.15) is 9.61 Å². The third-order valence-electron chi connectivity index (χ3n) is 6.80. The van der Waals surface area contributed by atoms with Gasteiger partial charge in [-0.05, 0) is 48.3 Å². The maximum absolute atomic E-state index is 14.0. The predicted molar refractivity (Wildman–Crippen MR) is 172 cm³/mol. The zero-order chi connectivity index (χ0) is 30.3. The molecule has 0 saturated carbocycles. The summed E-state index contributed by atoms with van der Waals surface area (Å²) in [7, 11) is -2.51. The standard InChI is InChI=1S/C29H41FN8O2Si2/c1-41(2,3)13-11-39-20-37(21-40-12-14-42(4,5)6)28-17-25(9-10-33-36-31)35-29-26(19-34-38(28)29)23-15-22-16-24(30)7-8-27(22)32-18-23/h7-8,15-19H,9-14,20-21H2,1-6H3. The molecule has 0 aliphatic carbocycles. The summed E-state index contributed by atoms with van der Waals surface area (Å²) in [5, 5.41) is 9.13. The van der Waals surface area contributed by atoms with Crippen molar-refractivity contribution in [2.45, 2.75) is 57.8 Å². The molecule has 0 N–H and O–H groups in total. The topological polar surface area (TPSA) is 114 Å². The van der Waals surface area contributed by atoms with Crippen LogP contribution in [0.25, 0.3) is 38.1 Å². The number of hydrogen-bond acceptors (Lipinski definition) is 7. The smallest absolute Gasteiger partial charge is 0.165 e. The molecule has 13 heteroatoms. The van der Waals surface area contributed by atoms with Crippen LogP contribution in [0.5, 0.6) is 0 Å². The Morgan fingerprint density at radius 2 is 1.67 bits per heavy atom. The van der Waals surface area contributed by atoms with Crippen LogP contribution in [-0.4, -0.2) is 68.9 Å². The van der Waals surface area contributed by atoms with Crippen molar-refractivity contribution >= 4 is 38.5 Å². The first-order valence-electron chi connectivity index (χ1n) is 14.3. The molecule has 3 aromatic heterocycles. The summed E-state index contributed by atoms with van der Waals surface area (Å²) in [4.78, 5) is 14.4. The fraction of sp³-hybridized carbons (Fsp3) is 0.483. The van der Waals surface area contributed by atoms with E-state index in [9.17, 15) is 4.39 Å². The van der Waals surface area contributed by atoms with E-state index in [1.807, 2.05) is 17.0 Å². The van der Waals surface area contributed by atoms with Crippen molar-refractivity contribution in [3.05, 3.63) is 64.7 Å². The molecule has 0 aliphatic rings. The lowest BCUT2D eigenvalue weighted by atomic mass is 10.1. The molecule has 4 aromatic rings. The highest BCUT2D eigenvalue weighted by molar-refractivity contribution is 6.76. The molecule has 0 fully saturated rings. The van der Waals surface area contributed by atoms with Crippen molar-refractivity contribution in [3.8, 4) is 11.1 Å². The number of pyridine rings is 1. The van der Waals surface area contributed by atoms with Gasteiger partial charge in [0.25, 0.3) is 0 Å². The minimum atomic E-state index is -1.26. The highest BCUT2D eigenvalue weighted by atomic mass is 28.3. The van der Waals surface area contributed by atoms with E-state index in [0.717, 1.165) is 34.7 Å². The van der Waals surface area contributed by atoms with E-state index in [1.165, 1.54) is 12.1 Å². The van der Waals surface area contributed by atoms with E-state index in [1.54, 1.807) is 23.0 Å². The van der Waals surface area contributed by atoms with E-state index in [4.69, 9.17) is 25.1 Å². The second kappa shape index (κ2) is 13.7. The van der Waals surface area contributed by atoms with Crippen LogP contribution in [0.2, 0.25) is 51.4 Å². The first-order valence-corrected chi connectivity index (χ1v) is 21.7. The number of benzene rings is 1. The van der Waals surface area contributed by atoms with Gasteiger partial charge < -0.3 is 14.4 Å². The van der Waals surface area contributed by atoms with E-state index in [2.05, 4.69) is 54.3 Å². The Morgan fingerprint density at radius 1 is 0.976 bits per heavy atom. The highest BCUT2D eigenvalue weighted by Gasteiger charge is 2.20. The Balaban J connectivity index is 1.73. The van der Waals surface area contributed by atoms with Crippen molar-refractivity contribution in [1.82, 2.24) is 19.6 Å². The van der Waals surface area contributed by atoms with Crippen LogP contribution >= 0.6 is 0 Å². The molecule has 0 unspecified atom stereocenters. The monoisotopic (exact) mass is 608 g/mol. The number of ether oxygens (including phenoxy) is 2. The predicted octanol–water partition coefficient (Wildman–Crippen LogP) is 7.37. The zero-order valence-corrected chi connectivity index (χ0v) is 27.5. The van der Waals surface area contributed by atoms with Crippen molar-refractivity contribution in [2.75, 3.05) is 38.1 Å². The summed E-state index contributed by atoms with van der Waals surface area (Å²) in [6.07, 6.45) is 3.96. The van der Waals surface area contributed by atoms with Gasteiger partial charge in [-0.25, -0.2) is 9.37 Å². The van der Waals surface area contributed by atoms with Crippen LogP contribution in [0.4, 0.5) is 10.2 Å². The molecule has 4 rings (SSSR count). The van der Waals surface area contributed by atoms with Gasteiger partial charge >= 0.3 is 0 Å². The number of nitrogens with zero attached hydrogens (tertiary/aromatic N) is 8. The van der Waals surface area contributed by atoms with Crippen molar-refractivity contribution in [3.63, 3.8) is 0 Å². The van der Waals surface area contributed by atoms with Crippen molar-refractivity contribution < 1.29 is 13.9 Å². The molecule has 0 amide bonds. The molecule has 0 spiro atoms. The van der Waals surface area contributed by atoms with Crippen LogP contribution in [0.1, 0.15) is 5.69 Å². The van der Waals surface area contributed by atoms with E-state index in [-0.39, 0.29) is 12.4 Å². The number of hydrogen-bond donors (Lipinski definition) is 0. The zero-order valence-electron chi connectivity index (χ0n) is 25.5.